The second-order valence-corrected chi connectivity index (χ2v) is 11.7. The van der Waals surface area contributed by atoms with Crippen LogP contribution in [0.3, 0.4) is 0 Å². The summed E-state index contributed by atoms with van der Waals surface area (Å²) >= 11 is 0. The lowest BCUT2D eigenvalue weighted by Gasteiger charge is -2.28. The SMILES string of the molecule is c1ccc(N(c2ccccc2)c2ccc3c(ccc4c5ccccc5c(B5c6ccccc6Oc6ccccc65)cc34)c2)cc1. The van der Waals surface area contributed by atoms with E-state index in [0.717, 1.165) is 28.6 Å². The first-order valence-electron chi connectivity index (χ1n) is 15.5. The zero-order chi connectivity index (χ0) is 29.7. The number of hydrogen-bond donors (Lipinski definition) is 0. The van der Waals surface area contributed by atoms with Gasteiger partial charge in [0.1, 0.15) is 11.5 Å². The Kier molecular flexibility index (Phi) is 5.95. The summed E-state index contributed by atoms with van der Waals surface area (Å²) in [4.78, 5) is 2.32. The van der Waals surface area contributed by atoms with Crippen molar-refractivity contribution < 1.29 is 4.74 Å². The molecule has 2 nitrogen and oxygen atoms in total. The molecular weight excluding hydrogens is 545 g/mol. The van der Waals surface area contributed by atoms with Crippen LogP contribution in [0.1, 0.15) is 0 Å². The smallest absolute Gasteiger partial charge is 0.251 e. The van der Waals surface area contributed by atoms with Crippen molar-refractivity contribution in [1.82, 2.24) is 0 Å². The van der Waals surface area contributed by atoms with Crippen LogP contribution in [0.5, 0.6) is 11.5 Å². The predicted molar refractivity (Wildman–Crippen MR) is 191 cm³/mol. The van der Waals surface area contributed by atoms with Crippen molar-refractivity contribution in [2.24, 2.45) is 0 Å². The largest absolute Gasteiger partial charge is 0.458 e. The lowest BCUT2D eigenvalue weighted by molar-refractivity contribution is 0.487. The van der Waals surface area contributed by atoms with E-state index in [4.69, 9.17) is 4.74 Å². The Labute approximate surface area is 262 Å². The molecule has 9 rings (SSSR count). The lowest BCUT2D eigenvalue weighted by atomic mass is 9.35. The van der Waals surface area contributed by atoms with Crippen LogP contribution in [0, 0.1) is 0 Å². The first kappa shape index (κ1) is 25.7. The van der Waals surface area contributed by atoms with Crippen molar-refractivity contribution in [3.05, 3.63) is 170 Å². The second-order valence-electron chi connectivity index (χ2n) is 11.7. The highest BCUT2D eigenvalue weighted by atomic mass is 16.5. The normalized spacial score (nSPS) is 12.1. The maximum atomic E-state index is 6.40. The highest BCUT2D eigenvalue weighted by Gasteiger charge is 2.33. The standard InChI is InChI=1S/C42H28BNO/c1-3-13-30(14-4-1)44(31-15-5-2-6-16-31)32-24-26-33-29(27-32)23-25-35-34-17-7-8-18-36(34)40(28-37(33)35)43-38-19-9-11-21-41(38)45-42-22-12-10-20-39(42)43/h1-28H. The minimum absolute atomic E-state index is 0.0571. The fourth-order valence-electron chi connectivity index (χ4n) is 7.16. The third kappa shape index (κ3) is 4.20. The Morgan fingerprint density at radius 3 is 1.56 bits per heavy atom. The van der Waals surface area contributed by atoms with Crippen molar-refractivity contribution >= 4 is 72.5 Å². The predicted octanol–water partition coefficient (Wildman–Crippen LogP) is 9.24. The van der Waals surface area contributed by atoms with Gasteiger partial charge in [-0.3, -0.25) is 0 Å². The van der Waals surface area contributed by atoms with Crippen LogP contribution in [0.15, 0.2) is 170 Å². The second kappa shape index (κ2) is 10.4. The van der Waals surface area contributed by atoms with E-state index in [-0.39, 0.29) is 6.71 Å². The molecule has 0 aliphatic carbocycles. The molecule has 45 heavy (non-hydrogen) atoms. The van der Waals surface area contributed by atoms with Gasteiger partial charge in [0, 0.05) is 17.1 Å². The van der Waals surface area contributed by atoms with Crippen LogP contribution in [0.2, 0.25) is 0 Å². The van der Waals surface area contributed by atoms with Crippen molar-refractivity contribution in [2.75, 3.05) is 4.90 Å². The van der Waals surface area contributed by atoms with Crippen molar-refractivity contribution in [3.8, 4) is 11.5 Å². The van der Waals surface area contributed by atoms with Gasteiger partial charge in [0.05, 0.1) is 0 Å². The molecule has 8 aromatic rings. The highest BCUT2D eigenvalue weighted by Crippen LogP contribution is 2.38. The molecule has 0 fully saturated rings. The minimum Gasteiger partial charge on any atom is -0.458 e. The Balaban J connectivity index is 1.29. The molecule has 0 saturated heterocycles. The summed E-state index contributed by atoms with van der Waals surface area (Å²) in [5, 5.41) is 7.54. The average molecular weight is 574 g/mol. The monoisotopic (exact) mass is 573 g/mol. The van der Waals surface area contributed by atoms with E-state index < -0.39 is 0 Å². The van der Waals surface area contributed by atoms with Gasteiger partial charge in [-0.1, -0.05) is 127 Å². The summed E-state index contributed by atoms with van der Waals surface area (Å²) in [5.41, 5.74) is 7.10. The molecule has 0 bridgehead atoms. The molecule has 8 aromatic carbocycles. The Hall–Kier alpha value is -5.80. The fourth-order valence-corrected chi connectivity index (χ4v) is 7.16. The zero-order valence-electron chi connectivity index (χ0n) is 24.6. The van der Waals surface area contributed by atoms with Crippen LogP contribution < -0.4 is 26.0 Å². The van der Waals surface area contributed by atoms with Gasteiger partial charge in [0.15, 0.2) is 0 Å². The summed E-state index contributed by atoms with van der Waals surface area (Å²) in [6.45, 7) is 0.0571. The van der Waals surface area contributed by atoms with Crippen LogP contribution in [0.25, 0.3) is 32.3 Å². The van der Waals surface area contributed by atoms with Crippen LogP contribution >= 0.6 is 0 Å². The van der Waals surface area contributed by atoms with Gasteiger partial charge in [-0.25, -0.2) is 0 Å². The van der Waals surface area contributed by atoms with E-state index in [2.05, 4.69) is 175 Å². The number of para-hydroxylation sites is 4. The summed E-state index contributed by atoms with van der Waals surface area (Å²) in [6, 6.07) is 60.9. The van der Waals surface area contributed by atoms with Crippen LogP contribution in [0.4, 0.5) is 17.1 Å². The van der Waals surface area contributed by atoms with Gasteiger partial charge in [0.2, 0.25) is 0 Å². The van der Waals surface area contributed by atoms with E-state index in [9.17, 15) is 0 Å². The summed E-state index contributed by atoms with van der Waals surface area (Å²) in [6.07, 6.45) is 0. The Bertz CT molecular complexity index is 2280. The van der Waals surface area contributed by atoms with Gasteiger partial charge in [-0.15, -0.1) is 0 Å². The third-order valence-electron chi connectivity index (χ3n) is 9.15. The molecule has 1 heterocycles. The molecule has 1 aliphatic heterocycles. The quantitative estimate of drug-likeness (QED) is 0.154. The van der Waals surface area contributed by atoms with Gasteiger partial charge in [-0.05, 0) is 91.8 Å². The van der Waals surface area contributed by atoms with E-state index in [0.29, 0.717) is 0 Å². The molecule has 0 radical (unpaired) electrons. The van der Waals surface area contributed by atoms with Gasteiger partial charge >= 0.3 is 0 Å². The first-order valence-corrected chi connectivity index (χ1v) is 15.5. The van der Waals surface area contributed by atoms with E-state index in [1.54, 1.807) is 0 Å². The first-order chi connectivity index (χ1) is 22.3. The average Bonchev–Trinajstić information content (AvgIpc) is 3.11. The number of rotatable bonds is 4. The summed E-state index contributed by atoms with van der Waals surface area (Å²) in [7, 11) is 0. The number of anilines is 3. The van der Waals surface area contributed by atoms with E-state index >= 15 is 0 Å². The topological polar surface area (TPSA) is 12.5 Å². The number of hydrogen-bond acceptors (Lipinski definition) is 2. The number of ether oxygens (including phenoxy) is 1. The van der Waals surface area contributed by atoms with Gasteiger partial charge in [0.25, 0.3) is 6.71 Å². The minimum atomic E-state index is 0.0571. The van der Waals surface area contributed by atoms with Crippen LogP contribution in [-0.2, 0) is 0 Å². The van der Waals surface area contributed by atoms with Crippen molar-refractivity contribution in [3.63, 3.8) is 0 Å². The van der Waals surface area contributed by atoms with E-state index in [1.807, 2.05) is 0 Å². The third-order valence-corrected chi connectivity index (χ3v) is 9.15. The zero-order valence-corrected chi connectivity index (χ0v) is 24.6. The Morgan fingerprint density at radius 2 is 0.889 bits per heavy atom. The van der Waals surface area contributed by atoms with Crippen molar-refractivity contribution in [1.29, 1.82) is 0 Å². The molecule has 3 heteroatoms. The summed E-state index contributed by atoms with van der Waals surface area (Å²) in [5.74, 6) is 1.85. The number of nitrogens with zero attached hydrogens (tertiary/aromatic N) is 1. The van der Waals surface area contributed by atoms with E-state index in [1.165, 1.54) is 48.7 Å². The molecule has 1 aliphatic rings. The van der Waals surface area contributed by atoms with Crippen LogP contribution in [-0.4, -0.2) is 6.71 Å². The maximum absolute atomic E-state index is 6.40. The highest BCUT2D eigenvalue weighted by molar-refractivity contribution is 6.98. The molecule has 0 atom stereocenters. The molecule has 0 aromatic heterocycles. The van der Waals surface area contributed by atoms with Crippen molar-refractivity contribution in [2.45, 2.75) is 0 Å². The Morgan fingerprint density at radius 1 is 0.356 bits per heavy atom. The lowest BCUT2D eigenvalue weighted by Crippen LogP contribution is -2.55. The fraction of sp³-hybridized carbons (Fsp3) is 0. The van der Waals surface area contributed by atoms with Gasteiger partial charge < -0.3 is 9.64 Å². The molecular formula is C42H28BNO. The molecule has 0 saturated carbocycles. The maximum Gasteiger partial charge on any atom is 0.251 e. The number of benzene rings is 8. The number of fused-ring (bicyclic) bond motifs is 7. The summed E-state index contributed by atoms with van der Waals surface area (Å²) < 4.78 is 6.40. The molecule has 0 unspecified atom stereocenters. The molecule has 0 spiro atoms. The molecule has 0 amide bonds. The molecule has 0 N–H and O–H groups in total. The molecule has 210 valence electrons. The van der Waals surface area contributed by atoms with Gasteiger partial charge in [-0.2, -0.15) is 0 Å².